The largest absolute Gasteiger partial charge is 0.327 e. The Morgan fingerprint density at radius 3 is 2.35 bits per heavy atom. The number of nitrogens with two attached hydrogens (primary N) is 1. The van der Waals surface area contributed by atoms with Crippen LogP contribution in [0.4, 0.5) is 0 Å². The SMILES string of the molecule is Cc1ccc(C2(C(C)N)CC2)c2c1CCCC2. The van der Waals surface area contributed by atoms with Gasteiger partial charge in [0.1, 0.15) is 0 Å². The van der Waals surface area contributed by atoms with Crippen LogP contribution in [0.2, 0.25) is 0 Å². The van der Waals surface area contributed by atoms with Gasteiger partial charge in [-0.1, -0.05) is 12.1 Å². The lowest BCUT2D eigenvalue weighted by Gasteiger charge is -2.28. The molecule has 1 aromatic rings. The first-order valence-electron chi connectivity index (χ1n) is 7.02. The lowest BCUT2D eigenvalue weighted by atomic mass is 9.78. The van der Waals surface area contributed by atoms with Crippen molar-refractivity contribution in [1.82, 2.24) is 0 Å². The molecule has 1 saturated carbocycles. The van der Waals surface area contributed by atoms with Gasteiger partial charge in [0.05, 0.1) is 0 Å². The van der Waals surface area contributed by atoms with Crippen LogP contribution in [0, 0.1) is 6.92 Å². The van der Waals surface area contributed by atoms with Crippen LogP contribution in [0.25, 0.3) is 0 Å². The summed E-state index contributed by atoms with van der Waals surface area (Å²) in [6.07, 6.45) is 7.87. The van der Waals surface area contributed by atoms with Gasteiger partial charge >= 0.3 is 0 Å². The van der Waals surface area contributed by atoms with E-state index in [9.17, 15) is 0 Å². The molecule has 0 bridgehead atoms. The van der Waals surface area contributed by atoms with Crippen LogP contribution in [-0.2, 0) is 18.3 Å². The Bertz CT molecular complexity index is 441. The Morgan fingerprint density at radius 1 is 1.12 bits per heavy atom. The molecule has 2 N–H and O–H groups in total. The van der Waals surface area contributed by atoms with E-state index in [2.05, 4.69) is 26.0 Å². The van der Waals surface area contributed by atoms with Gasteiger partial charge in [-0.3, -0.25) is 0 Å². The van der Waals surface area contributed by atoms with Crippen molar-refractivity contribution in [2.45, 2.75) is 63.8 Å². The first-order valence-corrected chi connectivity index (χ1v) is 7.02. The summed E-state index contributed by atoms with van der Waals surface area (Å²) in [4.78, 5) is 0. The second kappa shape index (κ2) is 3.84. The molecular weight excluding hydrogens is 206 g/mol. The van der Waals surface area contributed by atoms with Crippen LogP contribution in [0.3, 0.4) is 0 Å². The van der Waals surface area contributed by atoms with Crippen LogP contribution >= 0.6 is 0 Å². The standard InChI is InChI=1S/C16H23N/c1-11-7-8-15(16(9-10-16)12(2)17)14-6-4-3-5-13(11)14/h7-8,12H,3-6,9-10,17H2,1-2H3. The van der Waals surface area contributed by atoms with Crippen molar-refractivity contribution >= 4 is 0 Å². The fourth-order valence-electron chi connectivity index (χ4n) is 3.62. The van der Waals surface area contributed by atoms with Crippen molar-refractivity contribution in [3.63, 3.8) is 0 Å². The number of hydrogen-bond donors (Lipinski definition) is 1. The molecule has 0 aromatic heterocycles. The highest BCUT2D eigenvalue weighted by atomic mass is 14.7. The third-order valence-corrected chi connectivity index (χ3v) is 4.97. The zero-order valence-electron chi connectivity index (χ0n) is 11.1. The van der Waals surface area contributed by atoms with Gasteiger partial charge < -0.3 is 5.73 Å². The summed E-state index contributed by atoms with van der Waals surface area (Å²) >= 11 is 0. The van der Waals surface area contributed by atoms with E-state index in [1.807, 2.05) is 0 Å². The normalized spacial score (nSPS) is 23.0. The Kier molecular flexibility index (Phi) is 2.55. The van der Waals surface area contributed by atoms with E-state index in [0.29, 0.717) is 11.5 Å². The summed E-state index contributed by atoms with van der Waals surface area (Å²) in [5, 5.41) is 0. The molecule has 0 aliphatic heterocycles. The summed E-state index contributed by atoms with van der Waals surface area (Å²) < 4.78 is 0. The minimum atomic E-state index is 0.302. The average Bonchev–Trinajstić information content (AvgIpc) is 3.11. The highest BCUT2D eigenvalue weighted by Gasteiger charge is 2.48. The Balaban J connectivity index is 2.12. The molecule has 1 unspecified atom stereocenters. The summed E-state index contributed by atoms with van der Waals surface area (Å²) in [6.45, 7) is 4.45. The molecule has 3 rings (SSSR count). The zero-order chi connectivity index (χ0) is 12.0. The smallest absolute Gasteiger partial charge is 0.0108 e. The molecule has 0 amide bonds. The van der Waals surface area contributed by atoms with Crippen molar-refractivity contribution in [3.05, 3.63) is 34.4 Å². The highest BCUT2D eigenvalue weighted by molar-refractivity contribution is 5.48. The number of hydrogen-bond acceptors (Lipinski definition) is 1. The third kappa shape index (κ3) is 1.63. The van der Waals surface area contributed by atoms with Crippen molar-refractivity contribution < 1.29 is 0 Å². The molecule has 2 aliphatic carbocycles. The van der Waals surface area contributed by atoms with Crippen LogP contribution < -0.4 is 5.73 Å². The van der Waals surface area contributed by atoms with Crippen LogP contribution in [0.5, 0.6) is 0 Å². The number of rotatable bonds is 2. The molecule has 0 saturated heterocycles. The maximum atomic E-state index is 6.24. The van der Waals surface area contributed by atoms with Gasteiger partial charge in [0, 0.05) is 11.5 Å². The summed E-state index contributed by atoms with van der Waals surface area (Å²) in [5.74, 6) is 0. The van der Waals surface area contributed by atoms with Crippen molar-refractivity contribution in [2.24, 2.45) is 5.73 Å². The summed E-state index contributed by atoms with van der Waals surface area (Å²) in [6, 6.07) is 4.99. The van der Waals surface area contributed by atoms with Gasteiger partial charge in [-0.25, -0.2) is 0 Å². The Morgan fingerprint density at radius 2 is 1.76 bits per heavy atom. The molecule has 1 heteroatoms. The van der Waals surface area contributed by atoms with Gasteiger partial charge in [0.2, 0.25) is 0 Å². The number of aryl methyl sites for hydroxylation is 1. The van der Waals surface area contributed by atoms with E-state index in [1.165, 1.54) is 44.1 Å². The lowest BCUT2D eigenvalue weighted by molar-refractivity contribution is 0.543. The monoisotopic (exact) mass is 229 g/mol. The molecule has 1 aromatic carbocycles. The van der Waals surface area contributed by atoms with Crippen LogP contribution in [0.1, 0.15) is 54.9 Å². The summed E-state index contributed by atoms with van der Waals surface area (Å²) in [5.41, 5.74) is 12.9. The molecule has 0 spiro atoms. The molecule has 1 atom stereocenters. The van der Waals surface area contributed by atoms with Gasteiger partial charge in [-0.15, -0.1) is 0 Å². The molecule has 0 heterocycles. The predicted molar refractivity (Wildman–Crippen MR) is 72.4 cm³/mol. The van der Waals surface area contributed by atoms with Gasteiger partial charge in [-0.2, -0.15) is 0 Å². The van der Waals surface area contributed by atoms with Gasteiger partial charge in [0.25, 0.3) is 0 Å². The maximum absolute atomic E-state index is 6.24. The molecule has 92 valence electrons. The number of fused-ring (bicyclic) bond motifs is 1. The van der Waals surface area contributed by atoms with Crippen LogP contribution in [0.15, 0.2) is 12.1 Å². The lowest BCUT2D eigenvalue weighted by Crippen LogP contribution is -2.33. The topological polar surface area (TPSA) is 26.0 Å². The van der Waals surface area contributed by atoms with E-state index in [4.69, 9.17) is 5.73 Å². The average molecular weight is 229 g/mol. The fourth-order valence-corrected chi connectivity index (χ4v) is 3.62. The van der Waals surface area contributed by atoms with E-state index in [-0.39, 0.29) is 0 Å². The van der Waals surface area contributed by atoms with Crippen molar-refractivity contribution in [1.29, 1.82) is 0 Å². The predicted octanol–water partition coefficient (Wildman–Crippen LogP) is 3.25. The van der Waals surface area contributed by atoms with E-state index < -0.39 is 0 Å². The second-order valence-electron chi connectivity index (χ2n) is 6.04. The molecule has 2 aliphatic rings. The van der Waals surface area contributed by atoms with E-state index in [1.54, 1.807) is 16.7 Å². The molecule has 17 heavy (non-hydrogen) atoms. The summed E-state index contributed by atoms with van der Waals surface area (Å²) in [7, 11) is 0. The van der Waals surface area contributed by atoms with E-state index >= 15 is 0 Å². The number of benzene rings is 1. The van der Waals surface area contributed by atoms with E-state index in [0.717, 1.165) is 0 Å². The fraction of sp³-hybridized carbons (Fsp3) is 0.625. The maximum Gasteiger partial charge on any atom is 0.0108 e. The molecular formula is C16H23N. The highest BCUT2D eigenvalue weighted by Crippen LogP contribution is 2.52. The Labute approximate surface area is 104 Å². The third-order valence-electron chi connectivity index (χ3n) is 4.97. The molecule has 1 nitrogen and oxygen atoms in total. The van der Waals surface area contributed by atoms with Crippen LogP contribution in [-0.4, -0.2) is 6.04 Å². The zero-order valence-corrected chi connectivity index (χ0v) is 11.1. The molecule has 1 fully saturated rings. The van der Waals surface area contributed by atoms with Gasteiger partial charge in [-0.05, 0) is 74.6 Å². The minimum absolute atomic E-state index is 0.302. The van der Waals surface area contributed by atoms with Crippen molar-refractivity contribution in [2.75, 3.05) is 0 Å². The molecule has 0 radical (unpaired) electrons. The first-order chi connectivity index (χ1) is 8.15. The minimum Gasteiger partial charge on any atom is -0.327 e. The second-order valence-corrected chi connectivity index (χ2v) is 6.04. The van der Waals surface area contributed by atoms with Crippen molar-refractivity contribution in [3.8, 4) is 0 Å². The Hall–Kier alpha value is -0.820. The first kappa shape index (κ1) is 11.3. The van der Waals surface area contributed by atoms with Gasteiger partial charge in [0.15, 0.2) is 0 Å². The quantitative estimate of drug-likeness (QED) is 0.827.